The first-order chi connectivity index (χ1) is 10.9. The molecule has 0 unspecified atom stereocenters. The van der Waals surface area contributed by atoms with Gasteiger partial charge in [-0.15, -0.1) is 0 Å². The molecule has 0 spiro atoms. The van der Waals surface area contributed by atoms with E-state index in [0.29, 0.717) is 11.4 Å². The summed E-state index contributed by atoms with van der Waals surface area (Å²) >= 11 is 0. The van der Waals surface area contributed by atoms with E-state index in [-0.39, 0.29) is 34.5 Å². The maximum atomic E-state index is 11.0. The van der Waals surface area contributed by atoms with Crippen LogP contribution in [0.25, 0.3) is 0 Å². The van der Waals surface area contributed by atoms with E-state index >= 15 is 0 Å². The van der Waals surface area contributed by atoms with Crippen LogP contribution in [0.2, 0.25) is 0 Å². The van der Waals surface area contributed by atoms with E-state index in [1.165, 1.54) is 24.3 Å². The Kier molecular flexibility index (Phi) is 8.05. The first-order valence-corrected chi connectivity index (χ1v) is 8.72. The molecule has 0 saturated heterocycles. The van der Waals surface area contributed by atoms with E-state index in [1.54, 1.807) is 0 Å². The van der Waals surface area contributed by atoms with Gasteiger partial charge in [0.05, 0.1) is 16.3 Å². The van der Waals surface area contributed by atoms with Gasteiger partial charge in [-0.1, -0.05) is 0 Å². The van der Waals surface area contributed by atoms with Gasteiger partial charge >= 0.3 is 29.6 Å². The third kappa shape index (κ3) is 5.68. The molecule has 6 nitrogen and oxygen atoms in total. The Morgan fingerprint density at radius 1 is 0.875 bits per heavy atom. The van der Waals surface area contributed by atoms with E-state index in [1.807, 2.05) is 24.3 Å². The molecule has 0 aliphatic heterocycles. The Labute approximate surface area is 164 Å². The van der Waals surface area contributed by atoms with Crippen LogP contribution in [0.15, 0.2) is 63.7 Å². The van der Waals surface area contributed by atoms with Crippen molar-refractivity contribution in [1.29, 1.82) is 0 Å². The monoisotopic (exact) mass is 357 g/mol. The molecule has 0 bridgehead atoms. The summed E-state index contributed by atoms with van der Waals surface area (Å²) in [6.07, 6.45) is 0. The molecule has 124 valence electrons. The van der Waals surface area contributed by atoms with Gasteiger partial charge in [0.25, 0.3) is 10.1 Å². The van der Waals surface area contributed by atoms with Gasteiger partial charge in [-0.05, 0) is 62.4 Å². The van der Waals surface area contributed by atoms with Crippen LogP contribution in [-0.2, 0) is 10.1 Å². The summed E-state index contributed by atoms with van der Waals surface area (Å²) in [5, 5.41) is 8.16. The molecule has 0 amide bonds. The Bertz CT molecular complexity index is 771. The first kappa shape index (κ1) is 20.8. The normalized spacial score (nSPS) is 11.3. The van der Waals surface area contributed by atoms with Gasteiger partial charge < -0.3 is 4.90 Å². The maximum absolute atomic E-state index is 11.0. The molecule has 0 aromatic heterocycles. The fourth-order valence-corrected chi connectivity index (χ4v) is 2.60. The average molecular weight is 357 g/mol. The Hall–Kier alpha value is -1.25. The minimum absolute atomic E-state index is 0. The van der Waals surface area contributed by atoms with Crippen LogP contribution in [0.5, 0.6) is 0 Å². The summed E-state index contributed by atoms with van der Waals surface area (Å²) in [5.74, 6) is 0. The minimum atomic E-state index is -4.18. The second-order valence-electron chi connectivity index (χ2n) is 4.86. The van der Waals surface area contributed by atoms with E-state index in [9.17, 15) is 8.42 Å². The number of hydrogen-bond acceptors (Lipinski definition) is 5. The molecule has 0 fully saturated rings. The van der Waals surface area contributed by atoms with Crippen molar-refractivity contribution in [3.63, 3.8) is 0 Å². The molecule has 0 atom stereocenters. The Morgan fingerprint density at radius 3 is 1.67 bits per heavy atom. The number of azo groups is 1. The van der Waals surface area contributed by atoms with Crippen LogP contribution in [-0.4, -0.2) is 55.6 Å². The number of nitrogens with zero attached hydrogens (tertiary/aromatic N) is 3. The van der Waals surface area contributed by atoms with Crippen molar-refractivity contribution in [1.82, 2.24) is 0 Å². The van der Waals surface area contributed by atoms with Crippen molar-refractivity contribution in [2.45, 2.75) is 18.7 Å². The Balaban J connectivity index is 0.00000288. The molecule has 0 radical (unpaired) electrons. The third-order valence-electron chi connectivity index (χ3n) is 3.39. The van der Waals surface area contributed by atoms with Gasteiger partial charge in [0.15, 0.2) is 0 Å². The van der Waals surface area contributed by atoms with E-state index in [0.717, 1.165) is 18.8 Å². The number of rotatable bonds is 6. The zero-order valence-corrected chi connectivity index (χ0v) is 13.9. The molecule has 8 heteroatoms. The third-order valence-corrected chi connectivity index (χ3v) is 4.26. The zero-order chi connectivity index (χ0) is 16.9. The summed E-state index contributed by atoms with van der Waals surface area (Å²) in [5.41, 5.74) is 2.34. The van der Waals surface area contributed by atoms with Crippen LogP contribution in [0.3, 0.4) is 0 Å². The van der Waals surface area contributed by atoms with Crippen LogP contribution in [0.1, 0.15) is 13.8 Å². The van der Waals surface area contributed by atoms with Gasteiger partial charge in [0.2, 0.25) is 0 Å². The predicted molar refractivity (Wildman–Crippen MR) is 97.6 cm³/mol. The molecule has 0 saturated carbocycles. The van der Waals surface area contributed by atoms with Crippen LogP contribution in [0, 0.1) is 0 Å². The van der Waals surface area contributed by atoms with E-state index in [4.69, 9.17) is 4.55 Å². The fraction of sp³-hybridized carbons (Fsp3) is 0.250. The van der Waals surface area contributed by atoms with Gasteiger partial charge in [-0.3, -0.25) is 4.55 Å². The van der Waals surface area contributed by atoms with E-state index < -0.39 is 10.1 Å². The molecule has 1 N–H and O–H groups in total. The number of benzene rings is 2. The fourth-order valence-electron chi connectivity index (χ4n) is 2.12. The van der Waals surface area contributed by atoms with Crippen molar-refractivity contribution in [3.05, 3.63) is 48.5 Å². The van der Waals surface area contributed by atoms with Gasteiger partial charge in [-0.2, -0.15) is 18.6 Å². The summed E-state index contributed by atoms with van der Waals surface area (Å²) in [7, 11) is -4.18. The molecule has 2 aromatic rings. The summed E-state index contributed by atoms with van der Waals surface area (Å²) < 4.78 is 30.8. The standard InChI is InChI=1S/C16H19N3O3S.Na.H/c1-3-19(4-2)15-9-5-13(6-10-15)17-18-14-7-11-16(12-8-14)23(20,21)22;;/h5-12H,3-4H2,1-2H3,(H,20,21,22);;. The topological polar surface area (TPSA) is 82.3 Å². The predicted octanol–water partition coefficient (Wildman–Crippen LogP) is 3.55. The summed E-state index contributed by atoms with van der Waals surface area (Å²) in [6.45, 7) is 6.09. The quantitative estimate of drug-likeness (QED) is 0.487. The van der Waals surface area contributed by atoms with Crippen molar-refractivity contribution < 1.29 is 13.0 Å². The molecule has 2 aromatic carbocycles. The van der Waals surface area contributed by atoms with Gasteiger partial charge in [-0.25, -0.2) is 0 Å². The second kappa shape index (κ2) is 9.29. The molecule has 0 aliphatic carbocycles. The van der Waals surface area contributed by atoms with Crippen LogP contribution >= 0.6 is 0 Å². The van der Waals surface area contributed by atoms with Crippen molar-refractivity contribution in [2.24, 2.45) is 10.2 Å². The van der Waals surface area contributed by atoms with Crippen LogP contribution in [0.4, 0.5) is 17.1 Å². The Morgan fingerprint density at radius 2 is 1.29 bits per heavy atom. The number of anilines is 1. The van der Waals surface area contributed by atoms with Gasteiger partial charge in [0, 0.05) is 18.8 Å². The molecular weight excluding hydrogens is 337 g/mol. The molecular formula is C16H20N3NaO3S. The van der Waals surface area contributed by atoms with Crippen molar-refractivity contribution >= 4 is 56.7 Å². The van der Waals surface area contributed by atoms with Gasteiger partial charge in [0.1, 0.15) is 0 Å². The molecule has 24 heavy (non-hydrogen) atoms. The summed E-state index contributed by atoms with van der Waals surface area (Å²) in [4.78, 5) is 2.06. The van der Waals surface area contributed by atoms with Crippen molar-refractivity contribution in [3.8, 4) is 0 Å². The molecule has 0 aliphatic rings. The first-order valence-electron chi connectivity index (χ1n) is 7.28. The molecule has 2 rings (SSSR count). The average Bonchev–Trinajstić information content (AvgIpc) is 2.55. The SMILES string of the molecule is CCN(CC)c1ccc(N=Nc2ccc(S(=O)(=O)O)cc2)cc1.[NaH]. The van der Waals surface area contributed by atoms with Crippen molar-refractivity contribution in [2.75, 3.05) is 18.0 Å². The summed E-state index contributed by atoms with van der Waals surface area (Å²) in [6, 6.07) is 13.3. The zero-order valence-electron chi connectivity index (χ0n) is 13.0. The van der Waals surface area contributed by atoms with E-state index in [2.05, 4.69) is 29.0 Å². The van der Waals surface area contributed by atoms with Crippen LogP contribution < -0.4 is 4.90 Å². The number of hydrogen-bond donors (Lipinski definition) is 1. The molecule has 0 heterocycles. The second-order valence-corrected chi connectivity index (χ2v) is 6.28.